The normalized spacial score (nSPS) is 24.1. The molecule has 1 amide bonds. The first-order valence-corrected chi connectivity index (χ1v) is 8.64. The van der Waals surface area contributed by atoms with Crippen molar-refractivity contribution >= 4 is 22.6 Å². The van der Waals surface area contributed by atoms with E-state index in [2.05, 4.69) is 30.3 Å². The van der Waals surface area contributed by atoms with Crippen LogP contribution in [0, 0.1) is 11.8 Å². The summed E-state index contributed by atoms with van der Waals surface area (Å²) in [5.41, 5.74) is 1.24. The van der Waals surface area contributed by atoms with Gasteiger partial charge in [0.1, 0.15) is 0 Å². The number of nitrogens with zero attached hydrogens (tertiary/aromatic N) is 1. The lowest BCUT2D eigenvalue weighted by molar-refractivity contribution is -0.146. The molecule has 0 spiro atoms. The van der Waals surface area contributed by atoms with Gasteiger partial charge in [-0.1, -0.05) is 42.5 Å². The number of carboxylic acid groups (broad SMARTS) is 1. The summed E-state index contributed by atoms with van der Waals surface area (Å²) in [6.07, 6.45) is 2.07. The molecular weight excluding hydrogens is 302 g/mol. The van der Waals surface area contributed by atoms with E-state index in [4.69, 9.17) is 5.11 Å². The van der Waals surface area contributed by atoms with Gasteiger partial charge in [-0.25, -0.2) is 0 Å². The van der Waals surface area contributed by atoms with Gasteiger partial charge in [-0.05, 0) is 41.5 Å². The number of hydrogen-bond donors (Lipinski definition) is 1. The van der Waals surface area contributed by atoms with E-state index in [9.17, 15) is 9.59 Å². The Balaban J connectivity index is 1.42. The number of piperidine rings is 1. The molecule has 2 aromatic carbocycles. The van der Waals surface area contributed by atoms with Crippen LogP contribution in [0.1, 0.15) is 30.7 Å². The fourth-order valence-corrected chi connectivity index (χ4v) is 3.86. The third-order valence-corrected chi connectivity index (χ3v) is 5.47. The molecular formula is C20H21NO3. The summed E-state index contributed by atoms with van der Waals surface area (Å²) >= 11 is 0. The fourth-order valence-electron chi connectivity index (χ4n) is 3.86. The Hall–Kier alpha value is -2.36. The smallest absolute Gasteiger partial charge is 0.306 e. The highest BCUT2D eigenvalue weighted by Crippen LogP contribution is 2.49. The molecule has 1 aliphatic heterocycles. The first-order chi connectivity index (χ1) is 11.6. The second kappa shape index (κ2) is 5.93. The van der Waals surface area contributed by atoms with Crippen LogP contribution in [0.4, 0.5) is 0 Å². The summed E-state index contributed by atoms with van der Waals surface area (Å²) in [5.74, 6) is -0.420. The van der Waals surface area contributed by atoms with Crippen molar-refractivity contribution in [2.75, 3.05) is 13.1 Å². The van der Waals surface area contributed by atoms with Gasteiger partial charge < -0.3 is 10.0 Å². The van der Waals surface area contributed by atoms with Crippen molar-refractivity contribution < 1.29 is 14.7 Å². The van der Waals surface area contributed by atoms with Gasteiger partial charge in [0.2, 0.25) is 5.91 Å². The van der Waals surface area contributed by atoms with E-state index in [1.807, 2.05) is 17.0 Å². The monoisotopic (exact) mass is 323 g/mol. The molecule has 4 heteroatoms. The molecule has 2 aliphatic rings. The maximum Gasteiger partial charge on any atom is 0.306 e. The Morgan fingerprint density at radius 1 is 1.00 bits per heavy atom. The summed E-state index contributed by atoms with van der Waals surface area (Å²) in [6.45, 7) is 1.16. The van der Waals surface area contributed by atoms with Gasteiger partial charge in [0.15, 0.2) is 0 Å². The number of aliphatic carboxylic acids is 1. The lowest BCUT2D eigenvalue weighted by atomic mass is 9.96. The number of carbonyl (C=O) groups excluding carboxylic acids is 1. The first-order valence-electron chi connectivity index (χ1n) is 8.64. The number of likely N-dealkylation sites (tertiary alicyclic amines) is 1. The number of hydrogen-bond acceptors (Lipinski definition) is 2. The van der Waals surface area contributed by atoms with E-state index in [0.29, 0.717) is 31.8 Å². The molecule has 2 atom stereocenters. The second-order valence-corrected chi connectivity index (χ2v) is 6.99. The summed E-state index contributed by atoms with van der Waals surface area (Å²) < 4.78 is 0. The molecule has 0 unspecified atom stereocenters. The molecule has 0 aromatic heterocycles. The molecule has 1 aliphatic carbocycles. The minimum atomic E-state index is -0.734. The molecule has 1 heterocycles. The molecule has 4 rings (SSSR count). The largest absolute Gasteiger partial charge is 0.481 e. The fraction of sp³-hybridized carbons (Fsp3) is 0.400. The summed E-state index contributed by atoms with van der Waals surface area (Å²) in [6, 6.07) is 14.7. The Kier molecular flexibility index (Phi) is 3.75. The molecule has 124 valence electrons. The Morgan fingerprint density at radius 2 is 1.71 bits per heavy atom. The van der Waals surface area contributed by atoms with Gasteiger partial charge in [-0.3, -0.25) is 9.59 Å². The molecule has 1 saturated heterocycles. The zero-order valence-corrected chi connectivity index (χ0v) is 13.5. The van der Waals surface area contributed by atoms with Crippen molar-refractivity contribution in [2.45, 2.75) is 25.2 Å². The number of carbonyl (C=O) groups is 2. The van der Waals surface area contributed by atoms with Gasteiger partial charge in [0.05, 0.1) is 5.92 Å². The van der Waals surface area contributed by atoms with Crippen LogP contribution in [-0.4, -0.2) is 35.0 Å². The molecule has 1 N–H and O–H groups in total. The van der Waals surface area contributed by atoms with Gasteiger partial charge in [0.25, 0.3) is 0 Å². The lowest BCUT2D eigenvalue weighted by Gasteiger charge is -2.30. The van der Waals surface area contributed by atoms with Crippen LogP contribution in [0.15, 0.2) is 42.5 Å². The van der Waals surface area contributed by atoms with Crippen molar-refractivity contribution in [1.82, 2.24) is 4.90 Å². The number of rotatable bonds is 3. The van der Waals surface area contributed by atoms with Crippen molar-refractivity contribution in [3.63, 3.8) is 0 Å². The number of benzene rings is 2. The molecule has 2 aromatic rings. The topological polar surface area (TPSA) is 57.6 Å². The third-order valence-electron chi connectivity index (χ3n) is 5.47. The van der Waals surface area contributed by atoms with Crippen molar-refractivity contribution in [3.8, 4) is 0 Å². The minimum Gasteiger partial charge on any atom is -0.481 e. The van der Waals surface area contributed by atoms with E-state index in [-0.39, 0.29) is 17.7 Å². The molecule has 0 bridgehead atoms. The SMILES string of the molecule is O=C(O)C1CCN(C(=O)[C@@H]2C[C@H]2c2ccc3ccccc3c2)CC1. The van der Waals surface area contributed by atoms with Gasteiger partial charge >= 0.3 is 5.97 Å². The number of amides is 1. The van der Waals surface area contributed by atoms with E-state index >= 15 is 0 Å². The highest BCUT2D eigenvalue weighted by atomic mass is 16.4. The van der Waals surface area contributed by atoms with Crippen LogP contribution in [-0.2, 0) is 9.59 Å². The van der Waals surface area contributed by atoms with E-state index < -0.39 is 5.97 Å². The van der Waals surface area contributed by atoms with Gasteiger partial charge in [0, 0.05) is 19.0 Å². The average molecular weight is 323 g/mol. The molecule has 24 heavy (non-hydrogen) atoms. The predicted molar refractivity (Wildman–Crippen MR) is 91.7 cm³/mol. The lowest BCUT2D eigenvalue weighted by Crippen LogP contribution is -2.41. The van der Waals surface area contributed by atoms with E-state index in [1.54, 1.807) is 0 Å². The zero-order chi connectivity index (χ0) is 16.7. The zero-order valence-electron chi connectivity index (χ0n) is 13.5. The number of carboxylic acids is 1. The summed E-state index contributed by atoms with van der Waals surface area (Å²) in [4.78, 5) is 25.5. The van der Waals surface area contributed by atoms with Crippen LogP contribution >= 0.6 is 0 Å². The quantitative estimate of drug-likeness (QED) is 0.943. The van der Waals surface area contributed by atoms with Gasteiger partial charge in [-0.15, -0.1) is 0 Å². The van der Waals surface area contributed by atoms with E-state index in [0.717, 1.165) is 6.42 Å². The van der Waals surface area contributed by atoms with Crippen molar-refractivity contribution in [1.29, 1.82) is 0 Å². The Labute approximate surface area is 141 Å². The highest BCUT2D eigenvalue weighted by Gasteiger charge is 2.46. The second-order valence-electron chi connectivity index (χ2n) is 6.99. The standard InChI is InChI=1S/C20H21NO3/c22-19(21-9-7-14(8-10-21)20(23)24)18-12-17(18)16-6-5-13-3-1-2-4-15(13)11-16/h1-6,11,14,17-18H,7-10,12H2,(H,23,24)/t17-,18+/m0/s1. The Bertz CT molecular complexity index is 792. The molecule has 1 saturated carbocycles. The van der Waals surface area contributed by atoms with Crippen LogP contribution in [0.3, 0.4) is 0 Å². The van der Waals surface area contributed by atoms with E-state index in [1.165, 1.54) is 16.3 Å². The Morgan fingerprint density at radius 3 is 2.42 bits per heavy atom. The van der Waals surface area contributed by atoms with Crippen LogP contribution in [0.5, 0.6) is 0 Å². The highest BCUT2D eigenvalue weighted by molar-refractivity contribution is 5.86. The molecule has 0 radical (unpaired) electrons. The minimum absolute atomic E-state index is 0.0764. The third kappa shape index (κ3) is 2.77. The molecule has 2 fully saturated rings. The predicted octanol–water partition coefficient (Wildman–Crippen LogP) is 3.27. The van der Waals surface area contributed by atoms with Crippen molar-refractivity contribution in [2.24, 2.45) is 11.8 Å². The molecule has 4 nitrogen and oxygen atoms in total. The van der Waals surface area contributed by atoms with Gasteiger partial charge in [-0.2, -0.15) is 0 Å². The van der Waals surface area contributed by atoms with Crippen LogP contribution in [0.2, 0.25) is 0 Å². The maximum atomic E-state index is 12.7. The maximum absolute atomic E-state index is 12.7. The van der Waals surface area contributed by atoms with Crippen LogP contribution < -0.4 is 0 Å². The summed E-state index contributed by atoms with van der Waals surface area (Å²) in [7, 11) is 0. The first kappa shape index (κ1) is 15.2. The average Bonchev–Trinajstić information content (AvgIpc) is 3.41. The van der Waals surface area contributed by atoms with Crippen LogP contribution in [0.25, 0.3) is 10.8 Å². The van der Waals surface area contributed by atoms with Crippen molar-refractivity contribution in [3.05, 3.63) is 48.0 Å². The summed E-state index contributed by atoms with van der Waals surface area (Å²) in [5, 5.41) is 11.5. The number of fused-ring (bicyclic) bond motifs is 1.